The van der Waals surface area contributed by atoms with Gasteiger partial charge in [-0.3, -0.25) is 4.90 Å². The van der Waals surface area contributed by atoms with Gasteiger partial charge in [-0.05, 0) is 67.9 Å². The van der Waals surface area contributed by atoms with Crippen molar-refractivity contribution in [2.45, 2.75) is 44.4 Å². The Hall–Kier alpha value is -1.99. The van der Waals surface area contributed by atoms with Crippen molar-refractivity contribution in [3.63, 3.8) is 0 Å². The lowest BCUT2D eigenvalue weighted by molar-refractivity contribution is -0.142. The smallest absolute Gasteiger partial charge is 0.415 e. The first kappa shape index (κ1) is 21.7. The summed E-state index contributed by atoms with van der Waals surface area (Å²) in [4.78, 5) is 26.5. The van der Waals surface area contributed by atoms with Gasteiger partial charge in [-0.1, -0.05) is 24.3 Å². The fraction of sp³-hybridized carbons (Fsp3) is 0.545. The maximum atomic E-state index is 12.9. The zero-order valence-corrected chi connectivity index (χ0v) is 17.6. The minimum atomic E-state index is -0.931. The van der Waals surface area contributed by atoms with Gasteiger partial charge < -0.3 is 14.6 Å². The molecule has 7 heteroatoms. The van der Waals surface area contributed by atoms with E-state index in [-0.39, 0.29) is 18.1 Å². The summed E-state index contributed by atoms with van der Waals surface area (Å²) in [6.45, 7) is 2.75. The van der Waals surface area contributed by atoms with Crippen LogP contribution in [0.2, 0.25) is 0 Å². The van der Waals surface area contributed by atoms with Gasteiger partial charge in [-0.15, -0.1) is 11.8 Å². The van der Waals surface area contributed by atoms with Crippen LogP contribution < -0.4 is 4.90 Å². The number of hydrogen-bond donors (Lipinski definition) is 1. The zero-order valence-electron chi connectivity index (χ0n) is 16.8. The Labute approximate surface area is 176 Å². The van der Waals surface area contributed by atoms with Crippen LogP contribution in [0.1, 0.15) is 39.0 Å². The van der Waals surface area contributed by atoms with Crippen molar-refractivity contribution in [2.24, 2.45) is 11.8 Å². The highest BCUT2D eigenvalue weighted by atomic mass is 32.2. The summed E-state index contributed by atoms with van der Waals surface area (Å²) in [7, 11) is 0. The topological polar surface area (TPSA) is 76.1 Å². The van der Waals surface area contributed by atoms with Gasteiger partial charge in [0.1, 0.15) is 6.61 Å². The van der Waals surface area contributed by atoms with Crippen molar-refractivity contribution in [3.05, 3.63) is 41.3 Å². The predicted octanol–water partition coefficient (Wildman–Crippen LogP) is 4.90. The van der Waals surface area contributed by atoms with E-state index in [1.54, 1.807) is 16.7 Å². The van der Waals surface area contributed by atoms with Gasteiger partial charge in [0.15, 0.2) is 0 Å². The molecule has 29 heavy (non-hydrogen) atoms. The molecule has 1 fully saturated rings. The highest BCUT2D eigenvalue weighted by molar-refractivity contribution is 8.04. The van der Waals surface area contributed by atoms with E-state index in [0.717, 1.165) is 37.8 Å². The number of ether oxygens (including phenoxy) is 2. The van der Waals surface area contributed by atoms with E-state index in [4.69, 9.17) is 14.6 Å². The van der Waals surface area contributed by atoms with Gasteiger partial charge in [-0.2, -0.15) is 0 Å². The number of thioether (sulfide) groups is 1. The molecule has 1 amide bonds. The third-order valence-electron chi connectivity index (χ3n) is 5.44. The van der Waals surface area contributed by atoms with Crippen molar-refractivity contribution in [3.8, 4) is 0 Å². The summed E-state index contributed by atoms with van der Waals surface area (Å²) in [6.07, 6.45) is 6.59. The first-order chi connectivity index (χ1) is 14.0. The number of allylic oxidation sites excluding steroid dienone is 1. The lowest BCUT2D eigenvalue weighted by atomic mass is 9.83. The molecular weight excluding hydrogens is 390 g/mol. The number of carbonyl (C=O) groups excluding carboxylic acids is 1. The average molecular weight is 420 g/mol. The lowest BCUT2D eigenvalue weighted by Crippen LogP contribution is -2.39. The fourth-order valence-electron chi connectivity index (χ4n) is 3.85. The Balaban J connectivity index is 1.48. The van der Waals surface area contributed by atoms with Crippen LogP contribution in [0.15, 0.2) is 41.3 Å². The molecule has 1 heterocycles. The maximum absolute atomic E-state index is 12.9. The van der Waals surface area contributed by atoms with E-state index in [2.05, 4.69) is 13.0 Å². The molecule has 0 radical (unpaired) electrons. The van der Waals surface area contributed by atoms with Crippen LogP contribution in [0.3, 0.4) is 0 Å². The van der Waals surface area contributed by atoms with Crippen molar-refractivity contribution >= 4 is 29.5 Å². The third kappa shape index (κ3) is 6.51. The van der Waals surface area contributed by atoms with E-state index < -0.39 is 5.97 Å². The lowest BCUT2D eigenvalue weighted by Gasteiger charge is -2.31. The molecule has 0 saturated heterocycles. The van der Waals surface area contributed by atoms with E-state index >= 15 is 0 Å². The van der Waals surface area contributed by atoms with Gasteiger partial charge >= 0.3 is 12.1 Å². The van der Waals surface area contributed by atoms with Crippen LogP contribution in [-0.4, -0.2) is 42.4 Å². The van der Waals surface area contributed by atoms with Crippen molar-refractivity contribution < 1.29 is 24.2 Å². The quantitative estimate of drug-likeness (QED) is 0.646. The van der Waals surface area contributed by atoms with E-state index in [0.29, 0.717) is 25.0 Å². The summed E-state index contributed by atoms with van der Waals surface area (Å²) in [6, 6.07) is 9.69. The summed E-state index contributed by atoms with van der Waals surface area (Å²) in [5, 5.41) is 8.68. The van der Waals surface area contributed by atoms with Crippen molar-refractivity contribution in [1.29, 1.82) is 0 Å². The number of nitrogens with zero attached hydrogens (tertiary/aromatic N) is 1. The third-order valence-corrected chi connectivity index (χ3v) is 6.65. The first-order valence-electron chi connectivity index (χ1n) is 10.2. The molecule has 0 spiro atoms. The number of benzene rings is 1. The van der Waals surface area contributed by atoms with Crippen LogP contribution >= 0.6 is 11.8 Å². The summed E-state index contributed by atoms with van der Waals surface area (Å²) in [5.74, 6) is -0.186. The van der Waals surface area contributed by atoms with Crippen LogP contribution in [0.5, 0.6) is 0 Å². The number of anilines is 1. The largest absolute Gasteiger partial charge is 0.480 e. The molecule has 158 valence electrons. The predicted molar refractivity (Wildman–Crippen MR) is 114 cm³/mol. The molecule has 0 aromatic heterocycles. The molecule has 1 aromatic carbocycles. The number of carbonyl (C=O) groups is 2. The fourth-order valence-corrected chi connectivity index (χ4v) is 4.98. The standard InChI is InChI=1S/C22H29NO5S/c1-16-7-12-20(29-16)23(19-5-3-2-4-6-19)22(26)28-14-18-10-8-17(9-11-18)13-27-15-21(24)25/h2-7,17-18,20H,8-15H2,1H3,(H,24,25)/t17-,18-,20?. The maximum Gasteiger partial charge on any atom is 0.415 e. The van der Waals surface area contributed by atoms with E-state index in [1.807, 2.05) is 30.3 Å². The molecule has 1 N–H and O–H groups in total. The summed E-state index contributed by atoms with van der Waals surface area (Å²) >= 11 is 1.70. The molecule has 6 nitrogen and oxygen atoms in total. The van der Waals surface area contributed by atoms with Gasteiger partial charge in [-0.25, -0.2) is 9.59 Å². The second-order valence-corrected chi connectivity index (χ2v) is 9.12. The van der Waals surface area contributed by atoms with Crippen LogP contribution in [0.4, 0.5) is 10.5 Å². The number of carboxylic acid groups (broad SMARTS) is 1. The number of para-hydroxylation sites is 1. The monoisotopic (exact) mass is 419 g/mol. The number of aliphatic carboxylic acids is 1. The zero-order chi connectivity index (χ0) is 20.6. The first-order valence-corrected chi connectivity index (χ1v) is 11.0. The Morgan fingerprint density at radius 3 is 2.34 bits per heavy atom. The van der Waals surface area contributed by atoms with Crippen LogP contribution in [0, 0.1) is 11.8 Å². The Kier molecular flexibility index (Phi) is 8.00. The van der Waals surface area contributed by atoms with Crippen LogP contribution in [0.25, 0.3) is 0 Å². The molecule has 2 aliphatic rings. The molecule has 0 bridgehead atoms. The molecule has 1 aliphatic carbocycles. The minimum Gasteiger partial charge on any atom is -0.480 e. The highest BCUT2D eigenvalue weighted by Gasteiger charge is 2.30. The number of carboxylic acids is 1. The molecule has 1 aromatic rings. The SMILES string of the molecule is CC1=CCC(N(C(=O)OC[C@H]2CC[C@H](COCC(=O)O)CC2)c2ccccc2)S1. The second kappa shape index (κ2) is 10.7. The van der Waals surface area contributed by atoms with Crippen molar-refractivity contribution in [1.82, 2.24) is 0 Å². The minimum absolute atomic E-state index is 0.0343. The molecule has 3 rings (SSSR count). The number of amides is 1. The Bertz CT molecular complexity index is 715. The van der Waals surface area contributed by atoms with E-state index in [1.165, 1.54) is 4.91 Å². The molecule has 1 atom stereocenters. The number of rotatable bonds is 8. The second-order valence-electron chi connectivity index (χ2n) is 7.70. The Morgan fingerprint density at radius 2 is 1.76 bits per heavy atom. The van der Waals surface area contributed by atoms with Gasteiger partial charge in [0.25, 0.3) is 0 Å². The Morgan fingerprint density at radius 1 is 1.10 bits per heavy atom. The van der Waals surface area contributed by atoms with E-state index in [9.17, 15) is 9.59 Å². The normalized spacial score (nSPS) is 24.0. The number of hydrogen-bond acceptors (Lipinski definition) is 5. The van der Waals surface area contributed by atoms with Gasteiger partial charge in [0.2, 0.25) is 0 Å². The molecule has 1 aliphatic heterocycles. The highest BCUT2D eigenvalue weighted by Crippen LogP contribution is 2.37. The summed E-state index contributed by atoms with van der Waals surface area (Å²) < 4.78 is 11.0. The van der Waals surface area contributed by atoms with Gasteiger partial charge in [0, 0.05) is 5.69 Å². The van der Waals surface area contributed by atoms with Gasteiger partial charge in [0.05, 0.1) is 18.6 Å². The molecule has 1 saturated carbocycles. The van der Waals surface area contributed by atoms with Crippen LogP contribution in [-0.2, 0) is 14.3 Å². The molecule has 1 unspecified atom stereocenters. The van der Waals surface area contributed by atoms with Crippen molar-refractivity contribution in [2.75, 3.05) is 24.7 Å². The average Bonchev–Trinajstić information content (AvgIpc) is 3.14. The molecular formula is C22H29NO5S. The summed E-state index contributed by atoms with van der Waals surface area (Å²) in [5.41, 5.74) is 0.859.